The zero-order valence-corrected chi connectivity index (χ0v) is 11.6. The summed E-state index contributed by atoms with van der Waals surface area (Å²) in [5.41, 5.74) is 8.48. The molecule has 17 heavy (non-hydrogen) atoms. The van der Waals surface area contributed by atoms with Crippen molar-refractivity contribution in [3.8, 4) is 0 Å². The third-order valence-electron chi connectivity index (χ3n) is 3.30. The van der Waals surface area contributed by atoms with Crippen molar-refractivity contribution in [2.75, 3.05) is 19.6 Å². The highest BCUT2D eigenvalue weighted by molar-refractivity contribution is 5.27. The van der Waals surface area contributed by atoms with Crippen LogP contribution in [0.15, 0.2) is 24.3 Å². The van der Waals surface area contributed by atoms with Gasteiger partial charge in [0.25, 0.3) is 0 Å². The van der Waals surface area contributed by atoms with Gasteiger partial charge in [-0.15, -0.1) is 0 Å². The quantitative estimate of drug-likeness (QED) is 0.793. The molecule has 0 amide bonds. The molecule has 0 aromatic heterocycles. The van der Waals surface area contributed by atoms with Gasteiger partial charge in [-0.25, -0.2) is 0 Å². The van der Waals surface area contributed by atoms with Crippen LogP contribution in [0.1, 0.15) is 31.9 Å². The van der Waals surface area contributed by atoms with E-state index in [4.69, 9.17) is 5.73 Å². The largest absolute Gasteiger partial charge is 0.330 e. The highest BCUT2D eigenvalue weighted by Gasteiger charge is 2.19. The molecule has 3 N–H and O–H groups in total. The van der Waals surface area contributed by atoms with Gasteiger partial charge >= 0.3 is 0 Å². The Morgan fingerprint density at radius 1 is 1.24 bits per heavy atom. The van der Waals surface area contributed by atoms with Gasteiger partial charge in [0.15, 0.2) is 0 Å². The van der Waals surface area contributed by atoms with Crippen molar-refractivity contribution in [3.63, 3.8) is 0 Å². The van der Waals surface area contributed by atoms with E-state index in [1.807, 2.05) is 0 Å². The van der Waals surface area contributed by atoms with Gasteiger partial charge < -0.3 is 11.1 Å². The molecule has 0 saturated carbocycles. The minimum absolute atomic E-state index is 0.169. The van der Waals surface area contributed by atoms with E-state index in [9.17, 15) is 0 Å². The molecule has 2 heteroatoms. The Morgan fingerprint density at radius 2 is 1.82 bits per heavy atom. The highest BCUT2D eigenvalue weighted by atomic mass is 14.9. The Labute approximate surface area is 106 Å². The maximum Gasteiger partial charge on any atom is 0.00433 e. The lowest BCUT2D eigenvalue weighted by molar-refractivity contribution is 0.434. The summed E-state index contributed by atoms with van der Waals surface area (Å²) in [6.07, 6.45) is 0. The first-order chi connectivity index (χ1) is 7.95. The van der Waals surface area contributed by atoms with Crippen LogP contribution in [0.25, 0.3) is 0 Å². The minimum atomic E-state index is 0.169. The maximum absolute atomic E-state index is 5.61. The second-order valence-corrected chi connectivity index (χ2v) is 5.72. The average molecular weight is 234 g/mol. The Morgan fingerprint density at radius 3 is 2.35 bits per heavy atom. The van der Waals surface area contributed by atoms with Crippen LogP contribution >= 0.6 is 0 Å². The van der Waals surface area contributed by atoms with Crippen LogP contribution in [0.2, 0.25) is 0 Å². The first kappa shape index (κ1) is 14.2. The van der Waals surface area contributed by atoms with Crippen molar-refractivity contribution in [1.29, 1.82) is 0 Å². The first-order valence-electron chi connectivity index (χ1n) is 6.43. The van der Waals surface area contributed by atoms with E-state index in [0.717, 1.165) is 19.6 Å². The smallest absolute Gasteiger partial charge is 0.00433 e. The summed E-state index contributed by atoms with van der Waals surface area (Å²) in [5.74, 6) is 0.545. The lowest BCUT2D eigenvalue weighted by Crippen LogP contribution is -2.36. The minimum Gasteiger partial charge on any atom is -0.330 e. The Kier molecular flexibility index (Phi) is 5.16. The van der Waals surface area contributed by atoms with Gasteiger partial charge in [-0.3, -0.25) is 0 Å². The second kappa shape index (κ2) is 6.18. The fourth-order valence-electron chi connectivity index (χ4n) is 1.82. The predicted molar refractivity (Wildman–Crippen MR) is 75.3 cm³/mol. The van der Waals surface area contributed by atoms with E-state index in [2.05, 4.69) is 57.3 Å². The number of hydrogen-bond donors (Lipinski definition) is 2. The van der Waals surface area contributed by atoms with Crippen LogP contribution in [-0.2, 0) is 5.41 Å². The van der Waals surface area contributed by atoms with E-state index < -0.39 is 0 Å². The summed E-state index contributed by atoms with van der Waals surface area (Å²) in [7, 11) is 0. The van der Waals surface area contributed by atoms with E-state index in [0.29, 0.717) is 5.92 Å². The van der Waals surface area contributed by atoms with Crippen LogP contribution in [0.4, 0.5) is 0 Å². The molecule has 0 fully saturated rings. The summed E-state index contributed by atoms with van der Waals surface area (Å²) < 4.78 is 0. The lowest BCUT2D eigenvalue weighted by atomic mass is 9.84. The molecule has 1 aromatic carbocycles. The molecule has 2 nitrogen and oxygen atoms in total. The number of nitrogens with two attached hydrogens (primary N) is 1. The first-order valence-corrected chi connectivity index (χ1v) is 6.43. The van der Waals surface area contributed by atoms with Crippen molar-refractivity contribution in [2.45, 2.75) is 33.1 Å². The number of rotatable bonds is 6. The van der Waals surface area contributed by atoms with Gasteiger partial charge in [-0.1, -0.05) is 50.6 Å². The lowest BCUT2D eigenvalue weighted by Gasteiger charge is -2.26. The molecule has 0 heterocycles. The number of nitrogens with one attached hydrogen (secondary N) is 1. The van der Waals surface area contributed by atoms with Crippen LogP contribution in [0, 0.1) is 12.8 Å². The van der Waals surface area contributed by atoms with E-state index in [1.165, 1.54) is 11.1 Å². The number of hydrogen-bond acceptors (Lipinski definition) is 2. The zero-order valence-electron chi connectivity index (χ0n) is 11.6. The molecule has 1 rings (SSSR count). The van der Waals surface area contributed by atoms with Crippen molar-refractivity contribution in [1.82, 2.24) is 5.32 Å². The molecule has 0 bridgehead atoms. The molecular weight excluding hydrogens is 208 g/mol. The van der Waals surface area contributed by atoms with E-state index >= 15 is 0 Å². The second-order valence-electron chi connectivity index (χ2n) is 5.72. The molecule has 0 aliphatic carbocycles. The maximum atomic E-state index is 5.61. The SMILES string of the molecule is Cc1ccc(C(C)(C)CNCC(C)CN)cc1. The van der Waals surface area contributed by atoms with Crippen molar-refractivity contribution >= 4 is 0 Å². The van der Waals surface area contributed by atoms with Crippen molar-refractivity contribution in [3.05, 3.63) is 35.4 Å². The van der Waals surface area contributed by atoms with Crippen LogP contribution in [-0.4, -0.2) is 19.6 Å². The predicted octanol–water partition coefficient (Wildman–Crippen LogP) is 2.46. The Balaban J connectivity index is 2.53. The van der Waals surface area contributed by atoms with Crippen LogP contribution in [0.5, 0.6) is 0 Å². The molecule has 0 radical (unpaired) electrons. The molecule has 0 spiro atoms. The topological polar surface area (TPSA) is 38.0 Å². The summed E-state index contributed by atoms with van der Waals surface area (Å²) in [6, 6.07) is 8.81. The van der Waals surface area contributed by atoms with Gasteiger partial charge in [-0.05, 0) is 31.5 Å². The molecule has 1 atom stereocenters. The summed E-state index contributed by atoms with van der Waals surface area (Å²) in [4.78, 5) is 0. The van der Waals surface area contributed by atoms with E-state index in [1.54, 1.807) is 0 Å². The van der Waals surface area contributed by atoms with Gasteiger partial charge in [0.2, 0.25) is 0 Å². The summed E-state index contributed by atoms with van der Waals surface area (Å²) in [6.45, 7) is 11.6. The summed E-state index contributed by atoms with van der Waals surface area (Å²) in [5, 5.41) is 3.51. The Bertz CT molecular complexity index is 327. The highest BCUT2D eigenvalue weighted by Crippen LogP contribution is 2.22. The third kappa shape index (κ3) is 4.49. The fourth-order valence-corrected chi connectivity index (χ4v) is 1.82. The van der Waals surface area contributed by atoms with Crippen LogP contribution in [0.3, 0.4) is 0 Å². The molecular formula is C15H26N2. The van der Waals surface area contributed by atoms with Crippen molar-refractivity contribution in [2.24, 2.45) is 11.7 Å². The van der Waals surface area contributed by atoms with Gasteiger partial charge in [0, 0.05) is 12.0 Å². The molecule has 1 unspecified atom stereocenters. The Hall–Kier alpha value is -0.860. The third-order valence-corrected chi connectivity index (χ3v) is 3.30. The van der Waals surface area contributed by atoms with Gasteiger partial charge in [0.1, 0.15) is 0 Å². The number of aryl methyl sites for hydroxylation is 1. The monoisotopic (exact) mass is 234 g/mol. The molecule has 0 saturated heterocycles. The van der Waals surface area contributed by atoms with Crippen LogP contribution < -0.4 is 11.1 Å². The average Bonchev–Trinajstić information content (AvgIpc) is 2.29. The molecule has 96 valence electrons. The van der Waals surface area contributed by atoms with E-state index in [-0.39, 0.29) is 5.41 Å². The van der Waals surface area contributed by atoms with Crippen molar-refractivity contribution < 1.29 is 0 Å². The standard InChI is InChI=1S/C15H26N2/c1-12-5-7-14(8-6-12)15(3,4)11-17-10-13(2)9-16/h5-8,13,17H,9-11,16H2,1-4H3. The fraction of sp³-hybridized carbons (Fsp3) is 0.600. The normalized spacial score (nSPS) is 13.7. The van der Waals surface area contributed by atoms with Gasteiger partial charge in [0.05, 0.1) is 0 Å². The summed E-state index contributed by atoms with van der Waals surface area (Å²) >= 11 is 0. The molecule has 1 aromatic rings. The van der Waals surface area contributed by atoms with Gasteiger partial charge in [-0.2, -0.15) is 0 Å². The number of benzene rings is 1. The zero-order chi connectivity index (χ0) is 12.9. The molecule has 0 aliphatic heterocycles. The molecule has 0 aliphatic rings.